The van der Waals surface area contributed by atoms with Gasteiger partial charge in [0, 0.05) is 6.42 Å². The van der Waals surface area contributed by atoms with Gasteiger partial charge in [0.25, 0.3) is 5.91 Å². The monoisotopic (exact) mass is 346 g/mol. The highest BCUT2D eigenvalue weighted by atomic mass is 35.5. The third-order valence-electron chi connectivity index (χ3n) is 4.14. The summed E-state index contributed by atoms with van der Waals surface area (Å²) < 4.78 is 1.67. The molecule has 0 N–H and O–H groups in total. The SMILES string of the molecule is O=C(c1ccccc1Cl)n1c(Cc2ccccc2)nc2ccccc21. The maximum Gasteiger partial charge on any atom is 0.265 e. The molecule has 0 fully saturated rings. The molecule has 0 saturated carbocycles. The van der Waals surface area contributed by atoms with Gasteiger partial charge in [-0.2, -0.15) is 0 Å². The van der Waals surface area contributed by atoms with E-state index in [1.807, 2.05) is 66.7 Å². The van der Waals surface area contributed by atoms with Crippen molar-refractivity contribution in [2.24, 2.45) is 0 Å². The molecule has 0 unspecified atom stereocenters. The lowest BCUT2D eigenvalue weighted by molar-refractivity contribution is 0.0962. The number of hydrogen-bond donors (Lipinski definition) is 0. The Bertz CT molecular complexity index is 1050. The van der Waals surface area contributed by atoms with Crippen molar-refractivity contribution in [2.75, 3.05) is 0 Å². The lowest BCUT2D eigenvalue weighted by atomic mass is 10.1. The number of imidazole rings is 1. The summed E-state index contributed by atoms with van der Waals surface area (Å²) in [5, 5.41) is 0.441. The summed E-state index contributed by atoms with van der Waals surface area (Å²) in [6.45, 7) is 0. The van der Waals surface area contributed by atoms with Gasteiger partial charge in [-0.05, 0) is 29.8 Å². The number of para-hydroxylation sites is 2. The van der Waals surface area contributed by atoms with Gasteiger partial charge in [0.1, 0.15) is 5.82 Å². The minimum atomic E-state index is -0.162. The minimum absolute atomic E-state index is 0.162. The van der Waals surface area contributed by atoms with Gasteiger partial charge in [-0.25, -0.2) is 4.98 Å². The summed E-state index contributed by atoms with van der Waals surface area (Å²) in [6, 6.07) is 24.8. The van der Waals surface area contributed by atoms with E-state index in [1.54, 1.807) is 16.7 Å². The standard InChI is InChI=1S/C21H15ClN2O/c22-17-11-5-4-10-16(17)21(25)24-19-13-7-6-12-18(19)23-20(24)14-15-8-2-1-3-9-15/h1-13H,14H2. The molecule has 3 aromatic carbocycles. The molecule has 0 aliphatic heterocycles. The first kappa shape index (κ1) is 15.6. The van der Waals surface area contributed by atoms with E-state index >= 15 is 0 Å². The highest BCUT2D eigenvalue weighted by Crippen LogP contribution is 2.23. The molecule has 0 aliphatic carbocycles. The summed E-state index contributed by atoms with van der Waals surface area (Å²) in [7, 11) is 0. The van der Waals surface area contributed by atoms with Crippen molar-refractivity contribution in [1.82, 2.24) is 9.55 Å². The second-order valence-electron chi connectivity index (χ2n) is 5.80. The fourth-order valence-corrected chi connectivity index (χ4v) is 3.17. The number of rotatable bonds is 3. The maximum absolute atomic E-state index is 13.2. The lowest BCUT2D eigenvalue weighted by Crippen LogP contribution is -2.16. The third kappa shape index (κ3) is 2.94. The maximum atomic E-state index is 13.2. The van der Waals surface area contributed by atoms with Crippen molar-refractivity contribution >= 4 is 28.5 Å². The fourth-order valence-electron chi connectivity index (χ4n) is 2.95. The van der Waals surface area contributed by atoms with Gasteiger partial charge >= 0.3 is 0 Å². The van der Waals surface area contributed by atoms with Gasteiger partial charge in [0.2, 0.25) is 0 Å². The van der Waals surface area contributed by atoms with Crippen molar-refractivity contribution in [3.63, 3.8) is 0 Å². The summed E-state index contributed by atoms with van der Waals surface area (Å²) in [6.07, 6.45) is 0.575. The molecule has 122 valence electrons. The smallest absolute Gasteiger partial charge is 0.265 e. The van der Waals surface area contributed by atoms with Crippen LogP contribution in [-0.4, -0.2) is 15.5 Å². The van der Waals surface area contributed by atoms with E-state index in [0.29, 0.717) is 22.8 Å². The zero-order chi connectivity index (χ0) is 17.2. The van der Waals surface area contributed by atoms with E-state index in [2.05, 4.69) is 4.98 Å². The van der Waals surface area contributed by atoms with Crippen LogP contribution in [0.2, 0.25) is 5.02 Å². The van der Waals surface area contributed by atoms with Gasteiger partial charge in [-0.1, -0.05) is 66.2 Å². The summed E-state index contributed by atoms with van der Waals surface area (Å²) in [4.78, 5) is 17.9. The van der Waals surface area contributed by atoms with E-state index < -0.39 is 0 Å². The Hall–Kier alpha value is -2.91. The van der Waals surface area contributed by atoms with Gasteiger partial charge in [0.05, 0.1) is 21.6 Å². The second kappa shape index (κ2) is 6.54. The molecule has 3 nitrogen and oxygen atoms in total. The minimum Gasteiger partial charge on any atom is -0.268 e. The van der Waals surface area contributed by atoms with Gasteiger partial charge in [-0.3, -0.25) is 9.36 Å². The largest absolute Gasteiger partial charge is 0.268 e. The van der Waals surface area contributed by atoms with Crippen molar-refractivity contribution in [2.45, 2.75) is 6.42 Å². The lowest BCUT2D eigenvalue weighted by Gasteiger charge is -2.09. The van der Waals surface area contributed by atoms with E-state index in [9.17, 15) is 4.79 Å². The Morgan fingerprint density at radius 2 is 1.56 bits per heavy atom. The van der Waals surface area contributed by atoms with Crippen LogP contribution in [0.4, 0.5) is 0 Å². The quantitative estimate of drug-likeness (QED) is 0.525. The number of fused-ring (bicyclic) bond motifs is 1. The average molecular weight is 347 g/mol. The Balaban J connectivity index is 1.88. The molecule has 25 heavy (non-hydrogen) atoms. The third-order valence-corrected chi connectivity index (χ3v) is 4.47. The molecule has 0 bridgehead atoms. The number of benzene rings is 3. The molecular formula is C21H15ClN2O. The highest BCUT2D eigenvalue weighted by Gasteiger charge is 2.20. The van der Waals surface area contributed by atoms with Gasteiger partial charge < -0.3 is 0 Å². The number of carbonyl (C=O) groups excluding carboxylic acids is 1. The van der Waals surface area contributed by atoms with Crippen LogP contribution in [-0.2, 0) is 6.42 Å². The van der Waals surface area contributed by atoms with Crippen LogP contribution in [0.25, 0.3) is 11.0 Å². The molecule has 4 aromatic rings. The van der Waals surface area contributed by atoms with E-state index in [-0.39, 0.29) is 5.91 Å². The molecule has 4 rings (SSSR count). The Morgan fingerprint density at radius 3 is 2.36 bits per heavy atom. The summed E-state index contributed by atoms with van der Waals surface area (Å²) in [5.41, 5.74) is 3.17. The molecule has 1 aromatic heterocycles. The van der Waals surface area contributed by atoms with Crippen molar-refractivity contribution in [3.8, 4) is 0 Å². The van der Waals surface area contributed by atoms with Crippen LogP contribution >= 0.6 is 11.6 Å². The molecular weight excluding hydrogens is 332 g/mol. The predicted octanol–water partition coefficient (Wildman–Crippen LogP) is 4.97. The van der Waals surface area contributed by atoms with E-state index in [1.165, 1.54) is 0 Å². The first-order valence-corrected chi connectivity index (χ1v) is 8.41. The first-order valence-electron chi connectivity index (χ1n) is 8.03. The van der Waals surface area contributed by atoms with Crippen LogP contribution in [0.1, 0.15) is 21.7 Å². The van der Waals surface area contributed by atoms with Crippen LogP contribution < -0.4 is 0 Å². The highest BCUT2D eigenvalue weighted by molar-refractivity contribution is 6.34. The van der Waals surface area contributed by atoms with Crippen molar-refractivity contribution in [1.29, 1.82) is 0 Å². The topological polar surface area (TPSA) is 34.9 Å². The normalized spacial score (nSPS) is 10.9. The molecule has 0 radical (unpaired) electrons. The zero-order valence-corrected chi connectivity index (χ0v) is 14.1. The molecule has 0 atom stereocenters. The first-order chi connectivity index (χ1) is 12.2. The average Bonchev–Trinajstić information content (AvgIpc) is 3.00. The molecule has 0 spiro atoms. The zero-order valence-electron chi connectivity index (χ0n) is 13.4. The van der Waals surface area contributed by atoms with Crippen molar-refractivity contribution in [3.05, 3.63) is 101 Å². The molecule has 0 amide bonds. The van der Waals surface area contributed by atoms with Crippen LogP contribution in [0.15, 0.2) is 78.9 Å². The predicted molar refractivity (Wildman–Crippen MR) is 100 cm³/mol. The summed E-state index contributed by atoms with van der Waals surface area (Å²) >= 11 is 6.25. The second-order valence-corrected chi connectivity index (χ2v) is 6.21. The number of halogens is 1. The molecule has 0 aliphatic rings. The Labute approximate surface area is 150 Å². The number of aromatic nitrogens is 2. The number of carbonyl (C=O) groups is 1. The molecule has 0 saturated heterocycles. The van der Waals surface area contributed by atoms with E-state index in [0.717, 1.165) is 16.6 Å². The fraction of sp³-hybridized carbons (Fsp3) is 0.0476. The number of hydrogen-bond acceptors (Lipinski definition) is 2. The van der Waals surface area contributed by atoms with Crippen LogP contribution in [0, 0.1) is 0 Å². The summed E-state index contributed by atoms with van der Waals surface area (Å²) in [5.74, 6) is 0.544. The van der Waals surface area contributed by atoms with Gasteiger partial charge in [0.15, 0.2) is 0 Å². The Morgan fingerprint density at radius 1 is 0.880 bits per heavy atom. The van der Waals surface area contributed by atoms with E-state index in [4.69, 9.17) is 11.6 Å². The number of nitrogens with zero attached hydrogens (tertiary/aromatic N) is 2. The van der Waals surface area contributed by atoms with Gasteiger partial charge in [-0.15, -0.1) is 0 Å². The van der Waals surface area contributed by atoms with Crippen molar-refractivity contribution < 1.29 is 4.79 Å². The van der Waals surface area contributed by atoms with Crippen LogP contribution in [0.5, 0.6) is 0 Å². The Kier molecular flexibility index (Phi) is 4.08. The van der Waals surface area contributed by atoms with Crippen LogP contribution in [0.3, 0.4) is 0 Å². The molecule has 1 heterocycles. The molecule has 4 heteroatoms.